The zero-order valence-electron chi connectivity index (χ0n) is 13.0. The molecule has 6 heteroatoms. The van der Waals surface area contributed by atoms with Gasteiger partial charge in [-0.05, 0) is 32.7 Å². The zero-order chi connectivity index (χ0) is 15.5. The number of carboxylic acid groups (broad SMARTS) is 1. The molecule has 2 aliphatic rings. The molecular formula is C15H26N2O4. The highest BCUT2D eigenvalue weighted by Gasteiger charge is 2.43. The molecule has 0 aromatic rings. The molecule has 1 amide bonds. The minimum Gasteiger partial charge on any atom is -0.481 e. The lowest BCUT2D eigenvalue weighted by Crippen LogP contribution is -2.56. The zero-order valence-corrected chi connectivity index (χ0v) is 13.0. The number of ether oxygens (including phenoxy) is 1. The first kappa shape index (κ1) is 16.2. The number of hydrogen-bond donors (Lipinski definition) is 1. The third-order valence-electron chi connectivity index (χ3n) is 4.96. The molecule has 2 unspecified atom stereocenters. The van der Waals surface area contributed by atoms with Gasteiger partial charge in [-0.15, -0.1) is 0 Å². The van der Waals surface area contributed by atoms with Gasteiger partial charge in [0.1, 0.15) is 0 Å². The topological polar surface area (TPSA) is 70.1 Å². The normalized spacial score (nSPS) is 29.1. The van der Waals surface area contributed by atoms with Crippen LogP contribution in [-0.4, -0.2) is 72.2 Å². The highest BCUT2D eigenvalue weighted by Crippen LogP contribution is 2.34. The molecule has 0 spiro atoms. The van der Waals surface area contributed by atoms with E-state index in [9.17, 15) is 14.7 Å². The summed E-state index contributed by atoms with van der Waals surface area (Å²) >= 11 is 0. The smallest absolute Gasteiger partial charge is 0.310 e. The molecule has 1 N–H and O–H groups in total. The Bertz CT molecular complexity index is 395. The van der Waals surface area contributed by atoms with E-state index in [1.54, 1.807) is 0 Å². The highest BCUT2D eigenvalue weighted by atomic mass is 16.5. The van der Waals surface area contributed by atoms with Gasteiger partial charge in [0, 0.05) is 19.6 Å². The molecular weight excluding hydrogens is 272 g/mol. The maximum Gasteiger partial charge on any atom is 0.310 e. The second-order valence-corrected chi connectivity index (χ2v) is 6.13. The number of likely N-dealkylation sites (tertiary alicyclic amines) is 1. The van der Waals surface area contributed by atoms with Gasteiger partial charge in [-0.2, -0.15) is 0 Å². The lowest BCUT2D eigenvalue weighted by Gasteiger charge is -2.43. The number of carboxylic acids is 1. The minimum atomic E-state index is -0.735. The Kier molecular flexibility index (Phi) is 5.22. The fourth-order valence-electron chi connectivity index (χ4n) is 3.32. The molecule has 2 saturated heterocycles. The second-order valence-electron chi connectivity index (χ2n) is 6.13. The maximum atomic E-state index is 12.5. The minimum absolute atomic E-state index is 0.0931. The van der Waals surface area contributed by atoms with E-state index in [0.717, 1.165) is 13.0 Å². The molecule has 0 aromatic heterocycles. The molecule has 6 nitrogen and oxygen atoms in total. The number of piperidine rings is 1. The summed E-state index contributed by atoms with van der Waals surface area (Å²) in [6.45, 7) is 7.53. The molecule has 2 heterocycles. The number of amides is 1. The fourth-order valence-corrected chi connectivity index (χ4v) is 3.32. The summed E-state index contributed by atoms with van der Waals surface area (Å²) in [6.07, 6.45) is 2.14. The Morgan fingerprint density at radius 1 is 1.29 bits per heavy atom. The van der Waals surface area contributed by atoms with Crippen LogP contribution in [0.25, 0.3) is 0 Å². The van der Waals surface area contributed by atoms with E-state index < -0.39 is 11.4 Å². The van der Waals surface area contributed by atoms with Crippen LogP contribution in [0.1, 0.15) is 33.1 Å². The van der Waals surface area contributed by atoms with E-state index in [2.05, 4.69) is 0 Å². The molecule has 0 aromatic carbocycles. The lowest BCUT2D eigenvalue weighted by atomic mass is 9.77. The average molecular weight is 298 g/mol. The number of morpholine rings is 1. The standard InChI is InChI=1S/C15H26N2O4/c1-3-15(14(19)20)5-4-6-17(11-15)12(2)13(18)16-7-9-21-10-8-16/h12H,3-11H2,1-2H3,(H,19,20). The van der Waals surface area contributed by atoms with Crippen LogP contribution in [0.2, 0.25) is 0 Å². The van der Waals surface area contributed by atoms with Gasteiger partial charge >= 0.3 is 5.97 Å². The molecule has 0 aliphatic carbocycles. The van der Waals surface area contributed by atoms with Gasteiger partial charge < -0.3 is 14.7 Å². The highest BCUT2D eigenvalue weighted by molar-refractivity contribution is 5.82. The molecule has 0 bridgehead atoms. The number of aliphatic carboxylic acids is 1. The Balaban J connectivity index is 2.02. The van der Waals surface area contributed by atoms with Crippen LogP contribution < -0.4 is 0 Å². The van der Waals surface area contributed by atoms with Crippen LogP contribution in [-0.2, 0) is 14.3 Å². The largest absolute Gasteiger partial charge is 0.481 e. The molecule has 21 heavy (non-hydrogen) atoms. The third kappa shape index (κ3) is 3.37. The first-order chi connectivity index (χ1) is 10.00. The molecule has 0 saturated carbocycles. The van der Waals surface area contributed by atoms with E-state index in [0.29, 0.717) is 45.7 Å². The molecule has 2 aliphatic heterocycles. The van der Waals surface area contributed by atoms with Gasteiger partial charge in [0.25, 0.3) is 0 Å². The van der Waals surface area contributed by atoms with Crippen molar-refractivity contribution in [3.05, 3.63) is 0 Å². The van der Waals surface area contributed by atoms with Gasteiger partial charge in [-0.25, -0.2) is 0 Å². The van der Waals surface area contributed by atoms with Crippen molar-refractivity contribution >= 4 is 11.9 Å². The summed E-state index contributed by atoms with van der Waals surface area (Å²) in [4.78, 5) is 28.0. The number of carbonyl (C=O) groups excluding carboxylic acids is 1. The summed E-state index contributed by atoms with van der Waals surface area (Å²) < 4.78 is 5.27. The third-order valence-corrected chi connectivity index (χ3v) is 4.96. The first-order valence-corrected chi connectivity index (χ1v) is 7.84. The fraction of sp³-hybridized carbons (Fsp3) is 0.867. The average Bonchev–Trinajstić information content (AvgIpc) is 2.54. The quantitative estimate of drug-likeness (QED) is 0.832. The van der Waals surface area contributed by atoms with Crippen molar-refractivity contribution in [3.63, 3.8) is 0 Å². The van der Waals surface area contributed by atoms with E-state index in [-0.39, 0.29) is 11.9 Å². The Morgan fingerprint density at radius 2 is 1.95 bits per heavy atom. The maximum absolute atomic E-state index is 12.5. The number of rotatable bonds is 4. The van der Waals surface area contributed by atoms with E-state index in [4.69, 9.17) is 4.74 Å². The van der Waals surface area contributed by atoms with E-state index in [1.807, 2.05) is 23.6 Å². The van der Waals surface area contributed by atoms with Gasteiger partial charge in [-0.3, -0.25) is 14.5 Å². The lowest BCUT2D eigenvalue weighted by molar-refractivity contribution is -0.156. The van der Waals surface area contributed by atoms with Gasteiger partial charge in [0.05, 0.1) is 24.7 Å². The van der Waals surface area contributed by atoms with Crippen molar-refractivity contribution in [1.29, 1.82) is 0 Å². The Hall–Kier alpha value is -1.14. The van der Waals surface area contributed by atoms with Crippen molar-refractivity contribution in [2.24, 2.45) is 5.41 Å². The Morgan fingerprint density at radius 3 is 2.52 bits per heavy atom. The van der Waals surface area contributed by atoms with Gasteiger partial charge in [0.2, 0.25) is 5.91 Å². The van der Waals surface area contributed by atoms with Crippen molar-refractivity contribution in [2.45, 2.75) is 39.2 Å². The van der Waals surface area contributed by atoms with E-state index >= 15 is 0 Å². The van der Waals surface area contributed by atoms with Crippen LogP contribution >= 0.6 is 0 Å². The van der Waals surface area contributed by atoms with Crippen molar-refractivity contribution in [2.75, 3.05) is 39.4 Å². The predicted octanol–water partition coefficient (Wildman–Crippen LogP) is 0.811. The van der Waals surface area contributed by atoms with Crippen LogP contribution in [0.15, 0.2) is 0 Å². The number of hydrogen-bond acceptors (Lipinski definition) is 4. The van der Waals surface area contributed by atoms with Crippen LogP contribution in [0.3, 0.4) is 0 Å². The second kappa shape index (κ2) is 6.75. The molecule has 2 fully saturated rings. The predicted molar refractivity (Wildman–Crippen MR) is 78.0 cm³/mol. The van der Waals surface area contributed by atoms with Crippen molar-refractivity contribution in [3.8, 4) is 0 Å². The molecule has 0 radical (unpaired) electrons. The Labute approximate surface area is 126 Å². The summed E-state index contributed by atoms with van der Waals surface area (Å²) in [5.41, 5.74) is -0.697. The number of nitrogens with zero attached hydrogens (tertiary/aromatic N) is 2. The van der Waals surface area contributed by atoms with Crippen LogP contribution in [0.4, 0.5) is 0 Å². The molecule has 2 rings (SSSR count). The van der Waals surface area contributed by atoms with Crippen molar-refractivity contribution < 1.29 is 19.4 Å². The molecule has 120 valence electrons. The van der Waals surface area contributed by atoms with Crippen LogP contribution in [0, 0.1) is 5.41 Å². The van der Waals surface area contributed by atoms with Crippen molar-refractivity contribution in [1.82, 2.24) is 9.80 Å². The van der Waals surface area contributed by atoms with Crippen LogP contribution in [0.5, 0.6) is 0 Å². The van der Waals surface area contributed by atoms with E-state index in [1.165, 1.54) is 0 Å². The summed E-state index contributed by atoms with van der Waals surface area (Å²) in [5.74, 6) is -0.642. The first-order valence-electron chi connectivity index (χ1n) is 7.84. The summed E-state index contributed by atoms with van der Waals surface area (Å²) in [7, 11) is 0. The van der Waals surface area contributed by atoms with Gasteiger partial charge in [0.15, 0.2) is 0 Å². The summed E-state index contributed by atoms with van der Waals surface area (Å²) in [5, 5.41) is 9.54. The SMILES string of the molecule is CCC1(C(=O)O)CCCN(C(C)C(=O)N2CCOCC2)C1. The summed E-state index contributed by atoms with van der Waals surface area (Å²) in [6, 6.07) is -0.256. The monoisotopic (exact) mass is 298 g/mol. The van der Waals surface area contributed by atoms with Gasteiger partial charge in [-0.1, -0.05) is 6.92 Å². The molecule has 2 atom stereocenters. The number of carbonyl (C=O) groups is 2.